The molecule has 2 aromatic carbocycles. The summed E-state index contributed by atoms with van der Waals surface area (Å²) in [5.41, 5.74) is -0.154. The summed E-state index contributed by atoms with van der Waals surface area (Å²) in [6, 6.07) is 7.37. The lowest BCUT2D eigenvalue weighted by Crippen LogP contribution is -2.19. The first-order valence-electron chi connectivity index (χ1n) is 7.60. The van der Waals surface area contributed by atoms with Crippen LogP contribution in [0.25, 0.3) is 11.0 Å². The Kier molecular flexibility index (Phi) is 4.20. The summed E-state index contributed by atoms with van der Waals surface area (Å²) in [5, 5.41) is 24.5. The number of fused-ring (bicyclic) bond motifs is 1. The molecule has 1 heterocycles. The fraction of sp³-hybridized carbons (Fsp3) is 0.125. The molecule has 11 heteroatoms. The maximum Gasteiger partial charge on any atom is 0.328 e. The summed E-state index contributed by atoms with van der Waals surface area (Å²) in [6.07, 6.45) is 0. The Labute approximate surface area is 150 Å². The first-order chi connectivity index (χ1) is 12.7. The molecule has 0 radical (unpaired) electrons. The Morgan fingerprint density at radius 2 is 1.52 bits per heavy atom. The highest BCUT2D eigenvalue weighted by Gasteiger charge is 2.21. The van der Waals surface area contributed by atoms with E-state index in [0.717, 1.165) is 12.1 Å². The van der Waals surface area contributed by atoms with Gasteiger partial charge in [0.2, 0.25) is 0 Å². The van der Waals surface area contributed by atoms with E-state index < -0.39 is 15.8 Å². The minimum absolute atomic E-state index is 0.0861. The molecule has 0 saturated heterocycles. The Bertz CT molecular complexity index is 1160. The monoisotopic (exact) mass is 371 g/mol. The first-order valence-corrected chi connectivity index (χ1v) is 7.60. The molecule has 27 heavy (non-hydrogen) atoms. The zero-order valence-corrected chi connectivity index (χ0v) is 14.2. The van der Waals surface area contributed by atoms with Crippen molar-refractivity contribution < 1.29 is 14.6 Å². The number of amides is 1. The van der Waals surface area contributed by atoms with E-state index in [2.05, 4.69) is 5.32 Å². The van der Waals surface area contributed by atoms with Crippen molar-refractivity contribution in [2.75, 3.05) is 5.32 Å². The standard InChI is InChI=1S/C16H13N5O6/c1-18-13-7-11(12(21(26)27)8-14(13)19(2)16(18)23)17-15(22)9-3-5-10(6-4-9)20(24)25/h3-8H,1-2H3,(H,17,22). The van der Waals surface area contributed by atoms with Gasteiger partial charge in [-0.25, -0.2) is 4.79 Å². The van der Waals surface area contributed by atoms with Crippen LogP contribution in [0.15, 0.2) is 41.2 Å². The summed E-state index contributed by atoms with van der Waals surface area (Å²) in [5.74, 6) is -0.673. The molecule has 0 fully saturated rings. The van der Waals surface area contributed by atoms with Crippen molar-refractivity contribution in [2.45, 2.75) is 0 Å². The number of carbonyl (C=O) groups excluding carboxylic acids is 1. The van der Waals surface area contributed by atoms with E-state index in [4.69, 9.17) is 0 Å². The number of nitro groups is 2. The van der Waals surface area contributed by atoms with Crippen molar-refractivity contribution in [2.24, 2.45) is 14.1 Å². The molecule has 0 unspecified atom stereocenters. The quantitative estimate of drug-likeness (QED) is 0.548. The highest BCUT2D eigenvalue weighted by atomic mass is 16.6. The predicted molar refractivity (Wildman–Crippen MR) is 95.9 cm³/mol. The summed E-state index contributed by atoms with van der Waals surface area (Å²) >= 11 is 0. The van der Waals surface area contributed by atoms with E-state index in [1.165, 1.54) is 47.5 Å². The van der Waals surface area contributed by atoms with E-state index in [9.17, 15) is 29.8 Å². The number of hydrogen-bond donors (Lipinski definition) is 1. The van der Waals surface area contributed by atoms with E-state index in [0.29, 0.717) is 11.0 Å². The number of aromatic nitrogens is 2. The first kappa shape index (κ1) is 17.8. The zero-order chi connectivity index (χ0) is 19.9. The number of carbonyl (C=O) groups is 1. The van der Waals surface area contributed by atoms with Gasteiger partial charge in [0.1, 0.15) is 5.69 Å². The Morgan fingerprint density at radius 1 is 0.963 bits per heavy atom. The molecule has 0 aliphatic heterocycles. The Balaban J connectivity index is 2.05. The topological polar surface area (TPSA) is 142 Å². The number of nitrogens with zero attached hydrogens (tertiary/aromatic N) is 4. The highest BCUT2D eigenvalue weighted by Crippen LogP contribution is 2.30. The highest BCUT2D eigenvalue weighted by molar-refractivity contribution is 6.06. The third-order valence-corrected chi connectivity index (χ3v) is 4.17. The molecule has 1 N–H and O–H groups in total. The SMILES string of the molecule is Cn1c(=O)n(C)c2cc([N+](=O)[O-])c(NC(=O)c3ccc([N+](=O)[O-])cc3)cc21. The van der Waals surface area contributed by atoms with Crippen molar-refractivity contribution in [3.05, 3.63) is 72.7 Å². The second-order valence-corrected chi connectivity index (χ2v) is 5.77. The van der Waals surface area contributed by atoms with Crippen LogP contribution in [-0.2, 0) is 14.1 Å². The van der Waals surface area contributed by atoms with E-state index in [-0.39, 0.29) is 28.3 Å². The van der Waals surface area contributed by atoms with Crippen molar-refractivity contribution in [3.8, 4) is 0 Å². The molecule has 0 atom stereocenters. The van der Waals surface area contributed by atoms with Crippen LogP contribution in [0.3, 0.4) is 0 Å². The fourth-order valence-corrected chi connectivity index (χ4v) is 2.71. The van der Waals surface area contributed by atoms with E-state index >= 15 is 0 Å². The molecule has 0 saturated carbocycles. The number of anilines is 1. The molecule has 1 amide bonds. The van der Waals surface area contributed by atoms with Gasteiger partial charge in [0, 0.05) is 37.9 Å². The Morgan fingerprint density at radius 3 is 2.04 bits per heavy atom. The van der Waals surface area contributed by atoms with E-state index in [1.807, 2.05) is 0 Å². The van der Waals surface area contributed by atoms with Gasteiger partial charge in [0.25, 0.3) is 17.3 Å². The van der Waals surface area contributed by atoms with Crippen LogP contribution < -0.4 is 11.0 Å². The van der Waals surface area contributed by atoms with Gasteiger partial charge >= 0.3 is 5.69 Å². The zero-order valence-electron chi connectivity index (χ0n) is 14.2. The molecule has 3 rings (SSSR count). The Hall–Kier alpha value is -4.02. The minimum atomic E-state index is -0.673. The molecule has 0 aliphatic carbocycles. The van der Waals surface area contributed by atoms with Crippen LogP contribution in [0.2, 0.25) is 0 Å². The number of imidazole rings is 1. The molecule has 0 spiro atoms. The average Bonchev–Trinajstić information content (AvgIpc) is 2.85. The van der Waals surface area contributed by atoms with Crippen LogP contribution in [0.4, 0.5) is 17.1 Å². The molecule has 11 nitrogen and oxygen atoms in total. The van der Waals surface area contributed by atoms with Crippen LogP contribution in [0.5, 0.6) is 0 Å². The second kappa shape index (κ2) is 6.37. The molecule has 0 bridgehead atoms. The summed E-state index contributed by atoms with van der Waals surface area (Å²) in [6.45, 7) is 0. The van der Waals surface area contributed by atoms with Gasteiger partial charge in [-0.2, -0.15) is 0 Å². The largest absolute Gasteiger partial charge is 0.328 e. The van der Waals surface area contributed by atoms with Crippen molar-refractivity contribution in [3.63, 3.8) is 0 Å². The lowest BCUT2D eigenvalue weighted by molar-refractivity contribution is -0.384. The molecule has 3 aromatic rings. The van der Waals surface area contributed by atoms with E-state index in [1.54, 1.807) is 0 Å². The number of nitro benzene ring substituents is 2. The lowest BCUT2D eigenvalue weighted by Gasteiger charge is -2.07. The van der Waals surface area contributed by atoms with Crippen molar-refractivity contribution in [1.82, 2.24) is 9.13 Å². The number of aryl methyl sites for hydroxylation is 2. The van der Waals surface area contributed by atoms with Gasteiger partial charge in [0.05, 0.1) is 20.9 Å². The van der Waals surface area contributed by atoms with Crippen LogP contribution in [-0.4, -0.2) is 24.9 Å². The number of rotatable bonds is 4. The number of non-ortho nitro benzene ring substituents is 1. The summed E-state index contributed by atoms with van der Waals surface area (Å²) in [4.78, 5) is 45.2. The van der Waals surface area contributed by atoms with Crippen LogP contribution in [0, 0.1) is 20.2 Å². The second-order valence-electron chi connectivity index (χ2n) is 5.77. The fourth-order valence-electron chi connectivity index (χ4n) is 2.71. The van der Waals surface area contributed by atoms with Gasteiger partial charge < -0.3 is 5.32 Å². The third-order valence-electron chi connectivity index (χ3n) is 4.17. The van der Waals surface area contributed by atoms with Gasteiger partial charge in [-0.15, -0.1) is 0 Å². The lowest BCUT2D eigenvalue weighted by atomic mass is 10.1. The number of hydrogen-bond acceptors (Lipinski definition) is 6. The van der Waals surface area contributed by atoms with Gasteiger partial charge in [-0.1, -0.05) is 0 Å². The molecule has 1 aromatic heterocycles. The van der Waals surface area contributed by atoms with Gasteiger partial charge in [-0.3, -0.25) is 34.2 Å². The molecule has 0 aliphatic rings. The number of nitrogens with one attached hydrogen (secondary N) is 1. The molecular weight excluding hydrogens is 358 g/mol. The minimum Gasteiger partial charge on any atom is -0.316 e. The molecule has 138 valence electrons. The predicted octanol–water partition coefficient (Wildman–Crippen LogP) is 1.95. The summed E-state index contributed by atoms with van der Waals surface area (Å²) < 4.78 is 2.57. The number of benzene rings is 2. The van der Waals surface area contributed by atoms with Gasteiger partial charge in [0.15, 0.2) is 0 Å². The van der Waals surface area contributed by atoms with Crippen molar-refractivity contribution in [1.29, 1.82) is 0 Å². The van der Waals surface area contributed by atoms with Gasteiger partial charge in [-0.05, 0) is 18.2 Å². The van der Waals surface area contributed by atoms with Crippen LogP contribution >= 0.6 is 0 Å². The summed E-state index contributed by atoms with van der Waals surface area (Å²) in [7, 11) is 3.00. The maximum absolute atomic E-state index is 12.4. The third kappa shape index (κ3) is 3.01. The average molecular weight is 371 g/mol. The van der Waals surface area contributed by atoms with Crippen molar-refractivity contribution >= 4 is 34.0 Å². The normalized spacial score (nSPS) is 10.7. The maximum atomic E-state index is 12.4. The van der Waals surface area contributed by atoms with Crippen LogP contribution in [0.1, 0.15) is 10.4 Å². The molecular formula is C16H13N5O6. The smallest absolute Gasteiger partial charge is 0.316 e.